The smallest absolute Gasteiger partial charge is 0.339 e. The highest BCUT2D eigenvalue weighted by molar-refractivity contribution is 6.06. The first-order chi connectivity index (χ1) is 14.3. The number of ether oxygens (including phenoxy) is 1. The highest BCUT2D eigenvalue weighted by Gasteiger charge is 2.20. The molecule has 0 bridgehead atoms. The van der Waals surface area contributed by atoms with Crippen molar-refractivity contribution in [2.45, 2.75) is 27.2 Å². The summed E-state index contributed by atoms with van der Waals surface area (Å²) in [5, 5.41) is 14.1. The summed E-state index contributed by atoms with van der Waals surface area (Å²) in [4.78, 5) is 40.0. The van der Waals surface area contributed by atoms with Crippen molar-refractivity contribution in [3.05, 3.63) is 75.0 Å². The predicted molar refractivity (Wildman–Crippen MR) is 113 cm³/mol. The number of fused-ring (bicyclic) bond motifs is 1. The van der Waals surface area contributed by atoms with E-state index in [9.17, 15) is 19.7 Å². The lowest BCUT2D eigenvalue weighted by atomic mass is 10.0. The summed E-state index contributed by atoms with van der Waals surface area (Å²) in [5.41, 5.74) is 3.39. The Balaban J connectivity index is 1.78. The van der Waals surface area contributed by atoms with Gasteiger partial charge in [-0.1, -0.05) is 31.2 Å². The van der Waals surface area contributed by atoms with E-state index in [4.69, 9.17) is 4.74 Å². The minimum atomic E-state index is -0.619. The van der Waals surface area contributed by atoms with E-state index in [2.05, 4.69) is 10.3 Å². The lowest BCUT2D eigenvalue weighted by Gasteiger charge is -2.13. The Hall–Kier alpha value is -3.81. The molecule has 0 atom stereocenters. The highest BCUT2D eigenvalue weighted by Crippen LogP contribution is 2.25. The molecule has 0 unspecified atom stereocenters. The number of carbonyl (C=O) groups is 2. The van der Waals surface area contributed by atoms with Gasteiger partial charge in [0.1, 0.15) is 0 Å². The van der Waals surface area contributed by atoms with Crippen LogP contribution < -0.4 is 5.32 Å². The minimum Gasteiger partial charge on any atom is -0.452 e. The van der Waals surface area contributed by atoms with Crippen LogP contribution in [0.15, 0.2) is 42.5 Å². The number of anilines is 1. The average molecular weight is 407 g/mol. The molecule has 3 aromatic rings. The van der Waals surface area contributed by atoms with Gasteiger partial charge in [0.25, 0.3) is 11.6 Å². The number of nitro groups is 1. The van der Waals surface area contributed by atoms with E-state index >= 15 is 0 Å². The third kappa shape index (κ3) is 4.27. The van der Waals surface area contributed by atoms with Gasteiger partial charge in [-0.25, -0.2) is 4.79 Å². The molecular weight excluding hydrogens is 386 g/mol. The number of pyridine rings is 1. The summed E-state index contributed by atoms with van der Waals surface area (Å²) in [6, 6.07) is 11.4. The molecule has 0 saturated heterocycles. The number of nitrogens with zero attached hydrogens (tertiary/aromatic N) is 2. The van der Waals surface area contributed by atoms with Gasteiger partial charge in [-0.15, -0.1) is 0 Å². The second kappa shape index (κ2) is 8.69. The maximum atomic E-state index is 12.8. The molecular formula is C22H21N3O5. The topological polar surface area (TPSA) is 111 Å². The summed E-state index contributed by atoms with van der Waals surface area (Å²) in [5.74, 6) is -1.20. The maximum Gasteiger partial charge on any atom is 0.339 e. The Morgan fingerprint density at radius 1 is 1.17 bits per heavy atom. The first-order valence-electron chi connectivity index (χ1n) is 9.42. The van der Waals surface area contributed by atoms with Gasteiger partial charge in [0.2, 0.25) is 0 Å². The first-order valence-corrected chi connectivity index (χ1v) is 9.42. The lowest BCUT2D eigenvalue weighted by molar-refractivity contribution is -0.384. The third-order valence-corrected chi connectivity index (χ3v) is 4.82. The van der Waals surface area contributed by atoms with Gasteiger partial charge in [-0.2, -0.15) is 0 Å². The Kier molecular flexibility index (Phi) is 6.06. The normalized spacial score (nSPS) is 10.6. The number of amides is 1. The summed E-state index contributed by atoms with van der Waals surface area (Å²) < 4.78 is 5.26. The van der Waals surface area contributed by atoms with Gasteiger partial charge in [-0.3, -0.25) is 19.9 Å². The zero-order valence-corrected chi connectivity index (χ0v) is 16.9. The fourth-order valence-corrected chi connectivity index (χ4v) is 3.21. The first kappa shape index (κ1) is 20.9. The molecule has 0 aliphatic rings. The number of aromatic nitrogens is 1. The molecule has 8 nitrogen and oxygen atoms in total. The molecule has 0 radical (unpaired) electrons. The van der Waals surface area contributed by atoms with Crippen LogP contribution in [0.2, 0.25) is 0 Å². The van der Waals surface area contributed by atoms with Gasteiger partial charge in [0, 0.05) is 23.2 Å². The van der Waals surface area contributed by atoms with Gasteiger partial charge >= 0.3 is 5.97 Å². The number of aryl methyl sites for hydroxylation is 2. The van der Waals surface area contributed by atoms with Crippen molar-refractivity contribution < 1.29 is 19.2 Å². The van der Waals surface area contributed by atoms with Crippen molar-refractivity contribution in [1.29, 1.82) is 0 Å². The predicted octanol–water partition coefficient (Wildman–Crippen LogP) is 4.12. The van der Waals surface area contributed by atoms with Crippen LogP contribution in [0.1, 0.15) is 34.1 Å². The molecule has 1 N–H and O–H groups in total. The molecule has 8 heteroatoms. The molecule has 0 saturated carbocycles. The highest BCUT2D eigenvalue weighted by atomic mass is 16.6. The third-order valence-electron chi connectivity index (χ3n) is 4.82. The number of carbonyl (C=O) groups excluding carboxylic acids is 2. The lowest BCUT2D eigenvalue weighted by Crippen LogP contribution is -2.22. The molecule has 30 heavy (non-hydrogen) atoms. The summed E-state index contributed by atoms with van der Waals surface area (Å²) in [6.45, 7) is 4.96. The molecule has 2 aromatic carbocycles. The van der Waals surface area contributed by atoms with Crippen molar-refractivity contribution >= 4 is 34.2 Å². The minimum absolute atomic E-state index is 0.140. The number of nitro benzene ring substituents is 1. The van der Waals surface area contributed by atoms with E-state index in [1.54, 1.807) is 26.0 Å². The van der Waals surface area contributed by atoms with Crippen LogP contribution in [-0.4, -0.2) is 28.4 Å². The fraction of sp³-hybridized carbons (Fsp3) is 0.227. The monoisotopic (exact) mass is 407 g/mol. The van der Waals surface area contributed by atoms with Crippen LogP contribution in [0, 0.1) is 24.0 Å². The Morgan fingerprint density at radius 3 is 2.60 bits per heavy atom. The van der Waals surface area contributed by atoms with E-state index in [0.29, 0.717) is 34.1 Å². The standard InChI is InChI=1S/C22H21N3O5/c1-4-17-14(3)21(16-7-5-6-8-18(16)23-17)22(27)30-12-20(26)24-19-11-15(25(28)29)10-9-13(19)2/h5-11H,4,12H2,1-3H3,(H,24,26). The van der Waals surface area contributed by atoms with Crippen LogP contribution in [0.25, 0.3) is 10.9 Å². The summed E-state index contributed by atoms with van der Waals surface area (Å²) >= 11 is 0. The van der Waals surface area contributed by atoms with E-state index in [1.807, 2.05) is 25.1 Å². The quantitative estimate of drug-likeness (QED) is 0.374. The number of benzene rings is 2. The molecule has 154 valence electrons. The van der Waals surface area contributed by atoms with Gasteiger partial charge < -0.3 is 10.1 Å². The number of esters is 1. The van der Waals surface area contributed by atoms with Crippen molar-refractivity contribution in [2.24, 2.45) is 0 Å². The molecule has 0 fully saturated rings. The second-order valence-electron chi connectivity index (χ2n) is 6.81. The Morgan fingerprint density at radius 2 is 1.90 bits per heavy atom. The zero-order valence-electron chi connectivity index (χ0n) is 16.9. The Bertz CT molecular complexity index is 1160. The van der Waals surface area contributed by atoms with Crippen LogP contribution >= 0.6 is 0 Å². The molecule has 1 heterocycles. The number of rotatable bonds is 6. The van der Waals surface area contributed by atoms with Gasteiger partial charge in [0.05, 0.1) is 21.7 Å². The molecule has 0 aliphatic heterocycles. The van der Waals surface area contributed by atoms with Gasteiger partial charge in [-0.05, 0) is 37.5 Å². The van der Waals surface area contributed by atoms with Gasteiger partial charge in [0.15, 0.2) is 6.61 Å². The van der Waals surface area contributed by atoms with E-state index < -0.39 is 23.4 Å². The molecule has 1 amide bonds. The van der Waals surface area contributed by atoms with E-state index in [1.165, 1.54) is 12.1 Å². The van der Waals surface area contributed by atoms with Crippen molar-refractivity contribution in [1.82, 2.24) is 4.98 Å². The number of non-ortho nitro benzene ring substituents is 1. The molecule has 3 rings (SSSR count). The maximum absolute atomic E-state index is 12.8. The molecule has 0 spiro atoms. The Labute approximate surface area is 173 Å². The largest absolute Gasteiger partial charge is 0.452 e. The number of hydrogen-bond donors (Lipinski definition) is 1. The molecule has 0 aliphatic carbocycles. The van der Waals surface area contributed by atoms with E-state index in [0.717, 1.165) is 11.3 Å². The van der Waals surface area contributed by atoms with Crippen molar-refractivity contribution in [3.8, 4) is 0 Å². The van der Waals surface area contributed by atoms with Crippen LogP contribution in [-0.2, 0) is 16.0 Å². The second-order valence-corrected chi connectivity index (χ2v) is 6.81. The SMILES string of the molecule is CCc1nc2ccccc2c(C(=O)OCC(=O)Nc2cc([N+](=O)[O-])ccc2C)c1C. The zero-order chi connectivity index (χ0) is 21.8. The summed E-state index contributed by atoms with van der Waals surface area (Å²) in [7, 11) is 0. The summed E-state index contributed by atoms with van der Waals surface area (Å²) in [6.07, 6.45) is 0.656. The van der Waals surface area contributed by atoms with Crippen molar-refractivity contribution in [3.63, 3.8) is 0 Å². The van der Waals surface area contributed by atoms with Crippen LogP contribution in [0.5, 0.6) is 0 Å². The fourth-order valence-electron chi connectivity index (χ4n) is 3.21. The van der Waals surface area contributed by atoms with E-state index in [-0.39, 0.29) is 5.69 Å². The van der Waals surface area contributed by atoms with Crippen molar-refractivity contribution in [2.75, 3.05) is 11.9 Å². The van der Waals surface area contributed by atoms with Crippen LogP contribution in [0.3, 0.4) is 0 Å². The number of hydrogen-bond acceptors (Lipinski definition) is 6. The average Bonchev–Trinajstić information content (AvgIpc) is 2.73. The number of nitrogens with one attached hydrogen (secondary N) is 1. The molecule has 1 aromatic heterocycles. The number of para-hydroxylation sites is 1. The van der Waals surface area contributed by atoms with Crippen LogP contribution in [0.4, 0.5) is 11.4 Å².